The van der Waals surface area contributed by atoms with Gasteiger partial charge >= 0.3 is 0 Å². The van der Waals surface area contributed by atoms with Crippen molar-refractivity contribution in [2.45, 2.75) is 19.3 Å². The van der Waals surface area contributed by atoms with Crippen LogP contribution in [0.4, 0.5) is 5.69 Å². The van der Waals surface area contributed by atoms with Gasteiger partial charge in [0.05, 0.1) is 15.6 Å². The van der Waals surface area contributed by atoms with Gasteiger partial charge in [0.1, 0.15) is 0 Å². The van der Waals surface area contributed by atoms with E-state index in [1.807, 2.05) is 30.3 Å². The molecule has 2 aromatic heterocycles. The third kappa shape index (κ3) is 2.59. The van der Waals surface area contributed by atoms with Gasteiger partial charge in [-0.05, 0) is 55.2 Å². The number of nitrogens with zero attached hydrogens (tertiary/aromatic N) is 3. The number of anilines is 1. The van der Waals surface area contributed by atoms with Crippen LogP contribution in [0, 0.1) is 0 Å². The molecule has 0 bridgehead atoms. The summed E-state index contributed by atoms with van der Waals surface area (Å²) < 4.78 is 2.44. The molecular formula is C21H19N3OS. The van der Waals surface area contributed by atoms with Gasteiger partial charge in [-0.15, -0.1) is 0 Å². The average molecular weight is 361 g/mol. The van der Waals surface area contributed by atoms with Crippen molar-refractivity contribution in [1.29, 1.82) is 0 Å². The molecule has 1 aliphatic heterocycles. The van der Waals surface area contributed by atoms with E-state index in [9.17, 15) is 4.79 Å². The standard InChI is InChI=1S/C21H19N3OS/c25-20-19(26-21-22-17-6-2-3-7-18(17)24(20)21)14-15-8-10-16(11-9-15)23-12-4-1-5-13-23/h2-3,6-11,14H,1,4-5,12-13H2. The van der Waals surface area contributed by atoms with Crippen molar-refractivity contribution in [3.05, 3.63) is 69.0 Å². The summed E-state index contributed by atoms with van der Waals surface area (Å²) >= 11 is 1.45. The Hall–Kier alpha value is -2.66. The lowest BCUT2D eigenvalue weighted by molar-refractivity contribution is 0.578. The van der Waals surface area contributed by atoms with Crippen LogP contribution < -0.4 is 15.0 Å². The lowest BCUT2D eigenvalue weighted by Crippen LogP contribution is -2.29. The van der Waals surface area contributed by atoms with Crippen LogP contribution in [0.25, 0.3) is 22.1 Å². The third-order valence-electron chi connectivity index (χ3n) is 5.06. The van der Waals surface area contributed by atoms with Crippen molar-refractivity contribution < 1.29 is 0 Å². The van der Waals surface area contributed by atoms with Crippen LogP contribution in [0.5, 0.6) is 0 Å². The van der Waals surface area contributed by atoms with Crippen LogP contribution in [0.15, 0.2) is 53.3 Å². The molecule has 26 heavy (non-hydrogen) atoms. The van der Waals surface area contributed by atoms with Crippen LogP contribution in [-0.2, 0) is 0 Å². The zero-order valence-electron chi connectivity index (χ0n) is 14.4. The largest absolute Gasteiger partial charge is 0.372 e. The minimum Gasteiger partial charge on any atom is -0.372 e. The maximum absolute atomic E-state index is 12.8. The number of para-hydroxylation sites is 2. The quantitative estimate of drug-likeness (QED) is 0.549. The van der Waals surface area contributed by atoms with Crippen molar-refractivity contribution in [3.8, 4) is 0 Å². The van der Waals surface area contributed by atoms with Crippen molar-refractivity contribution >= 4 is 39.1 Å². The number of piperidine rings is 1. The molecule has 1 aliphatic rings. The Kier molecular flexibility index (Phi) is 3.75. The summed E-state index contributed by atoms with van der Waals surface area (Å²) in [6.07, 6.45) is 5.85. The average Bonchev–Trinajstić information content (AvgIpc) is 3.20. The zero-order chi connectivity index (χ0) is 17.5. The number of benzene rings is 2. The van der Waals surface area contributed by atoms with E-state index < -0.39 is 0 Å². The monoisotopic (exact) mass is 361 g/mol. The van der Waals surface area contributed by atoms with Gasteiger partial charge in [0.25, 0.3) is 5.56 Å². The number of thiazole rings is 1. The zero-order valence-corrected chi connectivity index (χ0v) is 15.2. The highest BCUT2D eigenvalue weighted by Crippen LogP contribution is 2.20. The molecule has 4 aromatic rings. The van der Waals surface area contributed by atoms with Crippen molar-refractivity contribution in [2.24, 2.45) is 0 Å². The van der Waals surface area contributed by atoms with E-state index in [4.69, 9.17) is 0 Å². The Balaban J connectivity index is 1.54. The summed E-state index contributed by atoms with van der Waals surface area (Å²) in [7, 11) is 0. The number of hydrogen-bond donors (Lipinski definition) is 0. The first-order valence-corrected chi connectivity index (χ1v) is 9.88. The van der Waals surface area contributed by atoms with E-state index in [0.717, 1.165) is 39.2 Å². The second-order valence-corrected chi connectivity index (χ2v) is 7.78. The molecule has 0 aliphatic carbocycles. The molecule has 4 nitrogen and oxygen atoms in total. The fourth-order valence-corrected chi connectivity index (χ4v) is 4.68. The molecule has 0 amide bonds. The molecule has 1 saturated heterocycles. The predicted octanol–water partition coefficient (Wildman–Crippen LogP) is 3.45. The maximum atomic E-state index is 12.8. The second kappa shape index (κ2) is 6.25. The maximum Gasteiger partial charge on any atom is 0.274 e. The van der Waals surface area contributed by atoms with Gasteiger partial charge in [-0.25, -0.2) is 9.38 Å². The molecule has 130 valence electrons. The molecule has 2 aromatic carbocycles. The second-order valence-electron chi connectivity index (χ2n) is 6.77. The van der Waals surface area contributed by atoms with Gasteiger partial charge in [0.2, 0.25) is 0 Å². The van der Waals surface area contributed by atoms with Crippen LogP contribution in [0.3, 0.4) is 0 Å². The van der Waals surface area contributed by atoms with Gasteiger partial charge in [-0.2, -0.15) is 0 Å². The normalized spacial score (nSPS) is 16.0. The summed E-state index contributed by atoms with van der Waals surface area (Å²) in [5.41, 5.74) is 4.09. The summed E-state index contributed by atoms with van der Waals surface area (Å²) in [6, 6.07) is 16.3. The number of hydrogen-bond acceptors (Lipinski definition) is 4. The van der Waals surface area contributed by atoms with Gasteiger partial charge in [-0.3, -0.25) is 4.79 Å². The molecule has 0 radical (unpaired) electrons. The van der Waals surface area contributed by atoms with Crippen LogP contribution >= 0.6 is 11.3 Å². The minimum atomic E-state index is 0.0128. The lowest BCUT2D eigenvalue weighted by Gasteiger charge is -2.28. The van der Waals surface area contributed by atoms with E-state index in [-0.39, 0.29) is 5.56 Å². The molecule has 0 spiro atoms. The fourth-order valence-electron chi connectivity index (χ4n) is 3.70. The van der Waals surface area contributed by atoms with E-state index >= 15 is 0 Å². The van der Waals surface area contributed by atoms with Gasteiger partial charge in [0.15, 0.2) is 4.96 Å². The van der Waals surface area contributed by atoms with Crippen LogP contribution in [0.1, 0.15) is 24.8 Å². The molecular weight excluding hydrogens is 342 g/mol. The first kappa shape index (κ1) is 15.6. The highest BCUT2D eigenvalue weighted by Gasteiger charge is 2.12. The molecule has 0 N–H and O–H groups in total. The first-order valence-electron chi connectivity index (χ1n) is 9.06. The Morgan fingerprint density at radius 1 is 0.962 bits per heavy atom. The van der Waals surface area contributed by atoms with Gasteiger partial charge in [0, 0.05) is 18.8 Å². The Morgan fingerprint density at radius 3 is 2.54 bits per heavy atom. The SMILES string of the molecule is O=c1c(=Cc2ccc(N3CCCCC3)cc2)sc2nc3ccccc3n12. The smallest absolute Gasteiger partial charge is 0.274 e. The van der Waals surface area contributed by atoms with E-state index in [1.165, 1.54) is 36.3 Å². The Morgan fingerprint density at radius 2 is 1.73 bits per heavy atom. The van der Waals surface area contributed by atoms with Crippen molar-refractivity contribution in [3.63, 3.8) is 0 Å². The van der Waals surface area contributed by atoms with Gasteiger partial charge < -0.3 is 4.90 Å². The summed E-state index contributed by atoms with van der Waals surface area (Å²) in [4.78, 5) is 20.6. The summed E-state index contributed by atoms with van der Waals surface area (Å²) in [6.45, 7) is 2.28. The highest BCUT2D eigenvalue weighted by molar-refractivity contribution is 7.15. The Labute approximate surface area is 155 Å². The minimum absolute atomic E-state index is 0.0128. The number of rotatable bonds is 2. The number of fused-ring (bicyclic) bond motifs is 3. The number of imidazole rings is 1. The fraction of sp³-hybridized carbons (Fsp3) is 0.238. The van der Waals surface area contributed by atoms with E-state index in [2.05, 4.69) is 34.1 Å². The molecule has 0 atom stereocenters. The van der Waals surface area contributed by atoms with E-state index in [1.54, 1.807) is 4.40 Å². The highest BCUT2D eigenvalue weighted by atomic mass is 32.1. The molecule has 0 unspecified atom stereocenters. The summed E-state index contributed by atoms with van der Waals surface area (Å²) in [5, 5.41) is 0. The molecule has 5 heteroatoms. The topological polar surface area (TPSA) is 37.6 Å². The van der Waals surface area contributed by atoms with Crippen molar-refractivity contribution in [1.82, 2.24) is 9.38 Å². The molecule has 1 fully saturated rings. The summed E-state index contributed by atoms with van der Waals surface area (Å²) in [5.74, 6) is 0. The number of aromatic nitrogens is 2. The van der Waals surface area contributed by atoms with Crippen molar-refractivity contribution in [2.75, 3.05) is 18.0 Å². The Bertz CT molecular complexity index is 1180. The molecule has 0 saturated carbocycles. The lowest BCUT2D eigenvalue weighted by atomic mass is 10.1. The van der Waals surface area contributed by atoms with Crippen LogP contribution in [-0.4, -0.2) is 22.5 Å². The van der Waals surface area contributed by atoms with Crippen LogP contribution in [0.2, 0.25) is 0 Å². The molecule has 5 rings (SSSR count). The third-order valence-corrected chi connectivity index (χ3v) is 6.03. The first-order chi connectivity index (χ1) is 12.8. The predicted molar refractivity (Wildman–Crippen MR) is 108 cm³/mol. The van der Waals surface area contributed by atoms with E-state index in [0.29, 0.717) is 0 Å². The molecule has 3 heterocycles. The van der Waals surface area contributed by atoms with Gasteiger partial charge in [-0.1, -0.05) is 35.6 Å².